The van der Waals surface area contributed by atoms with Gasteiger partial charge in [-0.1, -0.05) is 28.1 Å². The molecule has 1 heterocycles. The van der Waals surface area contributed by atoms with Gasteiger partial charge >= 0.3 is 0 Å². The minimum Gasteiger partial charge on any atom is -0.504 e. The van der Waals surface area contributed by atoms with Crippen LogP contribution in [0.5, 0.6) is 11.5 Å². The summed E-state index contributed by atoms with van der Waals surface area (Å²) in [6, 6.07) is 14.4. The van der Waals surface area contributed by atoms with Crippen molar-refractivity contribution in [2.45, 2.75) is 0 Å². The monoisotopic (exact) mass is 330 g/mol. The number of aromatic amines is 1. The predicted octanol–water partition coefficient (Wildman–Crippen LogP) is 3.92. The number of H-pyrrole nitrogens is 1. The molecule has 0 spiro atoms. The zero-order valence-electron chi connectivity index (χ0n) is 10.3. The molecule has 0 saturated heterocycles. The van der Waals surface area contributed by atoms with Crippen LogP contribution in [0.3, 0.4) is 0 Å². The van der Waals surface area contributed by atoms with Crippen molar-refractivity contribution in [1.29, 1.82) is 0 Å². The number of hydrogen-bond donors (Lipinski definition) is 3. The highest BCUT2D eigenvalue weighted by Gasteiger charge is 2.08. The van der Waals surface area contributed by atoms with Gasteiger partial charge in [0.25, 0.3) is 0 Å². The number of aromatic hydroxyl groups is 2. The van der Waals surface area contributed by atoms with Crippen molar-refractivity contribution in [1.82, 2.24) is 10.2 Å². The summed E-state index contributed by atoms with van der Waals surface area (Å²) in [5, 5.41) is 26.0. The third-order valence-electron chi connectivity index (χ3n) is 2.98. The van der Waals surface area contributed by atoms with E-state index in [9.17, 15) is 10.2 Å². The average molecular weight is 331 g/mol. The van der Waals surface area contributed by atoms with Crippen molar-refractivity contribution in [3.05, 3.63) is 53.0 Å². The van der Waals surface area contributed by atoms with Crippen LogP contribution in [0.1, 0.15) is 0 Å². The molecular weight excluding hydrogens is 320 g/mol. The summed E-state index contributed by atoms with van der Waals surface area (Å²) in [6.07, 6.45) is 0. The first-order valence-corrected chi connectivity index (χ1v) is 6.76. The van der Waals surface area contributed by atoms with E-state index in [1.165, 1.54) is 12.1 Å². The van der Waals surface area contributed by atoms with E-state index in [-0.39, 0.29) is 11.5 Å². The quantitative estimate of drug-likeness (QED) is 0.624. The predicted molar refractivity (Wildman–Crippen MR) is 80.5 cm³/mol. The lowest BCUT2D eigenvalue weighted by molar-refractivity contribution is 0.404. The van der Waals surface area contributed by atoms with E-state index < -0.39 is 0 Å². The summed E-state index contributed by atoms with van der Waals surface area (Å²) in [7, 11) is 0. The van der Waals surface area contributed by atoms with Crippen LogP contribution in [0.25, 0.3) is 22.5 Å². The van der Waals surface area contributed by atoms with Crippen LogP contribution in [-0.4, -0.2) is 20.4 Å². The summed E-state index contributed by atoms with van der Waals surface area (Å²) < 4.78 is 0.994. The van der Waals surface area contributed by atoms with Crippen LogP contribution in [-0.2, 0) is 0 Å². The third-order valence-corrected chi connectivity index (χ3v) is 3.48. The molecule has 0 atom stereocenters. The molecule has 0 radical (unpaired) electrons. The average Bonchev–Trinajstić information content (AvgIpc) is 2.92. The Bertz CT molecular complexity index is 768. The molecule has 3 rings (SSSR count). The molecule has 0 bridgehead atoms. The lowest BCUT2D eigenvalue weighted by atomic mass is 10.1. The molecule has 3 aromatic rings. The third kappa shape index (κ3) is 2.40. The molecule has 0 aliphatic rings. The number of nitrogens with one attached hydrogen (secondary N) is 1. The van der Waals surface area contributed by atoms with Gasteiger partial charge in [0.15, 0.2) is 11.5 Å². The van der Waals surface area contributed by atoms with E-state index >= 15 is 0 Å². The van der Waals surface area contributed by atoms with E-state index in [0.717, 1.165) is 21.3 Å². The molecule has 1 aromatic heterocycles. The number of aromatic nitrogens is 2. The first-order valence-electron chi connectivity index (χ1n) is 5.97. The van der Waals surface area contributed by atoms with Crippen molar-refractivity contribution in [2.75, 3.05) is 0 Å². The zero-order chi connectivity index (χ0) is 14.1. The normalized spacial score (nSPS) is 10.7. The van der Waals surface area contributed by atoms with Crippen LogP contribution in [0.15, 0.2) is 53.0 Å². The molecule has 20 heavy (non-hydrogen) atoms. The second-order valence-electron chi connectivity index (χ2n) is 4.38. The maximum absolute atomic E-state index is 9.53. The van der Waals surface area contributed by atoms with Crippen LogP contribution in [0.4, 0.5) is 0 Å². The summed E-state index contributed by atoms with van der Waals surface area (Å²) in [4.78, 5) is 0. The highest BCUT2D eigenvalue weighted by molar-refractivity contribution is 9.10. The fourth-order valence-electron chi connectivity index (χ4n) is 1.96. The molecule has 3 N–H and O–H groups in total. The Morgan fingerprint density at radius 2 is 1.75 bits per heavy atom. The van der Waals surface area contributed by atoms with Gasteiger partial charge in [-0.05, 0) is 36.4 Å². The minimum absolute atomic E-state index is 0.142. The van der Waals surface area contributed by atoms with Crippen molar-refractivity contribution in [3.8, 4) is 34.0 Å². The lowest BCUT2D eigenvalue weighted by Crippen LogP contribution is -1.78. The number of nitrogens with zero attached hydrogens (tertiary/aromatic N) is 1. The van der Waals surface area contributed by atoms with Gasteiger partial charge in [0.1, 0.15) is 0 Å². The van der Waals surface area contributed by atoms with E-state index in [0.29, 0.717) is 5.69 Å². The Morgan fingerprint density at radius 1 is 0.900 bits per heavy atom. The Morgan fingerprint density at radius 3 is 2.50 bits per heavy atom. The number of phenols is 2. The Kier molecular flexibility index (Phi) is 3.20. The standard InChI is InChI=1S/C15H11BrN2O2/c16-11-3-1-2-9(6-11)12-8-13(18-17-12)10-4-5-14(19)15(20)7-10/h1-8,19-20H,(H,17,18). The Balaban J connectivity index is 1.99. The molecule has 0 amide bonds. The molecule has 5 heteroatoms. The van der Waals surface area contributed by atoms with Gasteiger partial charge in [-0.15, -0.1) is 0 Å². The molecule has 4 nitrogen and oxygen atoms in total. The highest BCUT2D eigenvalue weighted by atomic mass is 79.9. The first-order chi connectivity index (χ1) is 9.63. The fourth-order valence-corrected chi connectivity index (χ4v) is 2.36. The maximum atomic E-state index is 9.53. The van der Waals surface area contributed by atoms with Crippen molar-refractivity contribution in [2.24, 2.45) is 0 Å². The summed E-state index contributed by atoms with van der Waals surface area (Å²) >= 11 is 3.43. The number of phenolic OH excluding ortho intramolecular Hbond substituents is 2. The van der Waals surface area contributed by atoms with Gasteiger partial charge in [-0.25, -0.2) is 0 Å². The van der Waals surface area contributed by atoms with Gasteiger partial charge in [-0.2, -0.15) is 5.10 Å². The smallest absolute Gasteiger partial charge is 0.158 e. The maximum Gasteiger partial charge on any atom is 0.158 e. The molecule has 0 aliphatic carbocycles. The minimum atomic E-state index is -0.158. The Hall–Kier alpha value is -2.27. The Labute approximate surface area is 123 Å². The first kappa shape index (κ1) is 12.7. The largest absolute Gasteiger partial charge is 0.504 e. The molecule has 100 valence electrons. The second kappa shape index (κ2) is 5.02. The lowest BCUT2D eigenvalue weighted by Gasteiger charge is -2.00. The topological polar surface area (TPSA) is 69.1 Å². The molecule has 0 saturated carbocycles. The van der Waals surface area contributed by atoms with Gasteiger partial charge in [-0.3, -0.25) is 5.10 Å². The summed E-state index contributed by atoms with van der Waals surface area (Å²) in [5.41, 5.74) is 3.34. The number of halogens is 1. The van der Waals surface area contributed by atoms with Crippen LogP contribution >= 0.6 is 15.9 Å². The van der Waals surface area contributed by atoms with Crippen molar-refractivity contribution in [3.63, 3.8) is 0 Å². The van der Waals surface area contributed by atoms with Crippen LogP contribution in [0, 0.1) is 0 Å². The zero-order valence-corrected chi connectivity index (χ0v) is 11.9. The number of hydrogen-bond acceptors (Lipinski definition) is 3. The molecule has 2 aromatic carbocycles. The SMILES string of the molecule is Oc1ccc(-c2cc(-c3cccc(Br)c3)[nH]n2)cc1O. The summed E-state index contributed by atoms with van der Waals surface area (Å²) in [5.74, 6) is -0.300. The van der Waals surface area contributed by atoms with E-state index in [2.05, 4.69) is 26.1 Å². The van der Waals surface area contributed by atoms with E-state index in [1.807, 2.05) is 30.3 Å². The van der Waals surface area contributed by atoms with Gasteiger partial charge in [0.2, 0.25) is 0 Å². The van der Waals surface area contributed by atoms with Crippen molar-refractivity contribution >= 4 is 15.9 Å². The number of rotatable bonds is 2. The van der Waals surface area contributed by atoms with E-state index in [1.54, 1.807) is 6.07 Å². The molecular formula is C15H11BrN2O2. The van der Waals surface area contributed by atoms with Crippen LogP contribution < -0.4 is 0 Å². The van der Waals surface area contributed by atoms with Gasteiger partial charge in [0.05, 0.1) is 11.4 Å². The van der Waals surface area contributed by atoms with Crippen LogP contribution in [0.2, 0.25) is 0 Å². The van der Waals surface area contributed by atoms with Crippen molar-refractivity contribution < 1.29 is 10.2 Å². The van der Waals surface area contributed by atoms with E-state index in [4.69, 9.17) is 0 Å². The fraction of sp³-hybridized carbons (Fsp3) is 0. The van der Waals surface area contributed by atoms with Gasteiger partial charge < -0.3 is 10.2 Å². The molecule has 0 fully saturated rings. The molecule has 0 unspecified atom stereocenters. The highest BCUT2D eigenvalue weighted by Crippen LogP contribution is 2.31. The number of benzene rings is 2. The van der Waals surface area contributed by atoms with Gasteiger partial charge in [0, 0.05) is 15.6 Å². The molecule has 0 aliphatic heterocycles. The second-order valence-corrected chi connectivity index (χ2v) is 5.30. The summed E-state index contributed by atoms with van der Waals surface area (Å²) in [6.45, 7) is 0.